The van der Waals surface area contributed by atoms with Gasteiger partial charge in [0, 0.05) is 10.9 Å². The van der Waals surface area contributed by atoms with Gasteiger partial charge in [0.25, 0.3) is 5.56 Å². The molecule has 0 aliphatic rings. The third-order valence-electron chi connectivity index (χ3n) is 4.07. The summed E-state index contributed by atoms with van der Waals surface area (Å²) in [5, 5.41) is 13.6. The Morgan fingerprint density at radius 2 is 2.03 bits per heavy atom. The van der Waals surface area contributed by atoms with Gasteiger partial charge in [-0.2, -0.15) is 15.0 Å². The number of halogens is 1. The normalized spacial score (nSPS) is 11.0. The lowest BCUT2D eigenvalue weighted by molar-refractivity contribution is 0.298. The highest BCUT2D eigenvalue weighted by Gasteiger charge is 2.10. The van der Waals surface area contributed by atoms with Crippen LogP contribution in [0.1, 0.15) is 25.2 Å². The summed E-state index contributed by atoms with van der Waals surface area (Å²) in [5.74, 6) is 1.56. The molecule has 0 saturated heterocycles. The molecule has 0 unspecified atom stereocenters. The van der Waals surface area contributed by atoms with Crippen molar-refractivity contribution in [3.05, 3.63) is 62.6 Å². The van der Waals surface area contributed by atoms with E-state index in [4.69, 9.17) is 14.7 Å². The number of fused-ring (bicyclic) bond motifs is 1. The van der Waals surface area contributed by atoms with Crippen molar-refractivity contribution in [1.29, 1.82) is 5.26 Å². The van der Waals surface area contributed by atoms with Crippen LogP contribution in [0.3, 0.4) is 0 Å². The van der Waals surface area contributed by atoms with Gasteiger partial charge < -0.3 is 9.47 Å². The molecule has 7 nitrogen and oxygen atoms in total. The minimum Gasteiger partial charge on any atom is -0.490 e. The molecule has 148 valence electrons. The van der Waals surface area contributed by atoms with Gasteiger partial charge in [-0.3, -0.25) is 4.79 Å². The third kappa shape index (κ3) is 4.63. The van der Waals surface area contributed by atoms with Crippen molar-refractivity contribution in [2.24, 2.45) is 5.10 Å². The lowest BCUT2D eigenvalue weighted by Crippen LogP contribution is -2.22. The highest BCUT2D eigenvalue weighted by Crippen LogP contribution is 2.28. The van der Waals surface area contributed by atoms with E-state index in [0.717, 1.165) is 10.0 Å². The summed E-state index contributed by atoms with van der Waals surface area (Å²) < 4.78 is 13.1. The van der Waals surface area contributed by atoms with Gasteiger partial charge in [0.15, 0.2) is 18.1 Å². The molecule has 0 spiro atoms. The van der Waals surface area contributed by atoms with Gasteiger partial charge in [-0.15, -0.1) is 0 Å². The Kier molecular flexibility index (Phi) is 6.62. The maximum absolute atomic E-state index is 12.9. The molecule has 0 N–H and O–H groups in total. The van der Waals surface area contributed by atoms with Gasteiger partial charge in [-0.25, -0.2) is 4.98 Å². The number of hydrogen-bond acceptors (Lipinski definition) is 6. The molecule has 0 amide bonds. The van der Waals surface area contributed by atoms with Gasteiger partial charge in [-0.05, 0) is 48.9 Å². The Morgan fingerprint density at radius 1 is 1.21 bits per heavy atom. The topological polar surface area (TPSA) is 89.5 Å². The number of nitriles is 1. The van der Waals surface area contributed by atoms with Crippen LogP contribution in [-0.2, 0) is 6.42 Å². The van der Waals surface area contributed by atoms with Crippen LogP contribution >= 0.6 is 15.9 Å². The Morgan fingerprint density at radius 3 is 2.76 bits per heavy atom. The zero-order valence-corrected chi connectivity index (χ0v) is 17.6. The van der Waals surface area contributed by atoms with Crippen molar-refractivity contribution in [1.82, 2.24) is 9.66 Å². The summed E-state index contributed by atoms with van der Waals surface area (Å²) in [6.45, 7) is 4.17. The van der Waals surface area contributed by atoms with Crippen molar-refractivity contribution in [3.8, 4) is 17.6 Å². The number of aryl methyl sites for hydroxylation is 1. The third-order valence-corrected chi connectivity index (χ3v) is 4.57. The van der Waals surface area contributed by atoms with Gasteiger partial charge in [0.05, 0.1) is 23.7 Å². The molecule has 0 bridgehead atoms. The summed E-state index contributed by atoms with van der Waals surface area (Å²) in [7, 11) is 0. The fourth-order valence-corrected chi connectivity index (χ4v) is 3.13. The van der Waals surface area contributed by atoms with E-state index in [1.165, 1.54) is 4.68 Å². The molecular formula is C21H19BrN4O3. The van der Waals surface area contributed by atoms with E-state index < -0.39 is 0 Å². The van der Waals surface area contributed by atoms with Gasteiger partial charge in [0.1, 0.15) is 11.9 Å². The molecule has 0 atom stereocenters. The molecule has 0 radical (unpaired) electrons. The maximum Gasteiger partial charge on any atom is 0.282 e. The predicted molar refractivity (Wildman–Crippen MR) is 115 cm³/mol. The second-order valence-corrected chi connectivity index (χ2v) is 6.91. The van der Waals surface area contributed by atoms with Gasteiger partial charge in [-0.1, -0.05) is 22.9 Å². The molecule has 1 aromatic heterocycles. The minimum absolute atomic E-state index is 0.0684. The summed E-state index contributed by atoms with van der Waals surface area (Å²) in [6, 6.07) is 12.6. The maximum atomic E-state index is 12.9. The van der Waals surface area contributed by atoms with Gasteiger partial charge in [0.2, 0.25) is 0 Å². The highest BCUT2D eigenvalue weighted by atomic mass is 79.9. The van der Waals surface area contributed by atoms with Crippen LogP contribution in [0.4, 0.5) is 0 Å². The van der Waals surface area contributed by atoms with E-state index in [0.29, 0.717) is 41.3 Å². The number of ether oxygens (including phenoxy) is 2. The molecular weight excluding hydrogens is 436 g/mol. The predicted octanol–water partition coefficient (Wildman–Crippen LogP) is 3.90. The summed E-state index contributed by atoms with van der Waals surface area (Å²) in [5.41, 5.74) is 1.13. The number of benzene rings is 2. The minimum atomic E-state index is -0.233. The second kappa shape index (κ2) is 9.34. The van der Waals surface area contributed by atoms with E-state index in [1.807, 2.05) is 32.0 Å². The molecule has 3 aromatic rings. The molecule has 29 heavy (non-hydrogen) atoms. The Hall–Kier alpha value is -3.18. The van der Waals surface area contributed by atoms with E-state index in [2.05, 4.69) is 26.0 Å². The quantitative estimate of drug-likeness (QED) is 0.504. The van der Waals surface area contributed by atoms with Crippen molar-refractivity contribution in [2.45, 2.75) is 20.3 Å². The van der Waals surface area contributed by atoms with E-state index in [-0.39, 0.29) is 12.2 Å². The molecule has 0 fully saturated rings. The Bertz CT molecular complexity index is 1170. The Labute approximate surface area is 176 Å². The summed E-state index contributed by atoms with van der Waals surface area (Å²) in [6.07, 6.45) is 2.13. The molecule has 3 rings (SSSR count). The Balaban J connectivity index is 2.02. The average molecular weight is 455 g/mol. The number of nitrogens with zero attached hydrogens (tertiary/aromatic N) is 4. The van der Waals surface area contributed by atoms with Crippen molar-refractivity contribution in [2.75, 3.05) is 13.2 Å². The lowest BCUT2D eigenvalue weighted by Gasteiger charge is -2.11. The lowest BCUT2D eigenvalue weighted by atomic mass is 10.2. The molecule has 8 heteroatoms. The summed E-state index contributed by atoms with van der Waals surface area (Å²) in [4.78, 5) is 17.5. The number of rotatable bonds is 7. The zero-order chi connectivity index (χ0) is 20.8. The van der Waals surface area contributed by atoms with Crippen molar-refractivity contribution < 1.29 is 9.47 Å². The molecule has 0 aliphatic heterocycles. The first kappa shape index (κ1) is 20.6. The van der Waals surface area contributed by atoms with Crippen LogP contribution in [0.2, 0.25) is 0 Å². The molecule has 0 saturated carbocycles. The standard InChI is InChI=1S/C21H19BrN4O3/c1-3-20-25-17-7-6-15(22)12-16(17)21(27)26(20)24-13-14-5-8-18(29-10-9-23)19(11-14)28-4-2/h5-8,11-13H,3-4,10H2,1-2H3. The highest BCUT2D eigenvalue weighted by molar-refractivity contribution is 9.10. The first-order chi connectivity index (χ1) is 14.1. The first-order valence-corrected chi connectivity index (χ1v) is 9.88. The monoisotopic (exact) mass is 454 g/mol. The largest absolute Gasteiger partial charge is 0.490 e. The SMILES string of the molecule is CCOc1cc(C=Nn2c(CC)nc3ccc(Br)cc3c2=O)ccc1OCC#N. The van der Waals surface area contributed by atoms with Crippen molar-refractivity contribution >= 4 is 33.0 Å². The smallest absolute Gasteiger partial charge is 0.282 e. The number of aromatic nitrogens is 2. The fourth-order valence-electron chi connectivity index (χ4n) is 2.77. The van der Waals surface area contributed by atoms with Gasteiger partial charge >= 0.3 is 0 Å². The molecule has 0 aliphatic carbocycles. The first-order valence-electron chi connectivity index (χ1n) is 9.09. The molecule has 2 aromatic carbocycles. The number of hydrogen-bond donors (Lipinski definition) is 0. The van der Waals surface area contributed by atoms with Crippen LogP contribution in [0.15, 0.2) is 50.8 Å². The molecule has 1 heterocycles. The van der Waals surface area contributed by atoms with Crippen LogP contribution in [0.5, 0.6) is 11.5 Å². The zero-order valence-electron chi connectivity index (χ0n) is 16.1. The van der Waals surface area contributed by atoms with Crippen LogP contribution in [-0.4, -0.2) is 29.1 Å². The fraction of sp³-hybridized carbons (Fsp3) is 0.238. The van der Waals surface area contributed by atoms with Crippen LogP contribution < -0.4 is 15.0 Å². The summed E-state index contributed by atoms with van der Waals surface area (Å²) >= 11 is 3.39. The average Bonchev–Trinajstić information content (AvgIpc) is 2.73. The second-order valence-electron chi connectivity index (χ2n) is 5.99. The van der Waals surface area contributed by atoms with E-state index >= 15 is 0 Å². The van der Waals surface area contributed by atoms with Crippen LogP contribution in [0.25, 0.3) is 10.9 Å². The van der Waals surface area contributed by atoms with Crippen molar-refractivity contribution in [3.63, 3.8) is 0 Å². The van der Waals surface area contributed by atoms with E-state index in [1.54, 1.807) is 30.5 Å². The van der Waals surface area contributed by atoms with Crippen LogP contribution in [0, 0.1) is 11.3 Å². The van der Waals surface area contributed by atoms with E-state index in [9.17, 15) is 4.79 Å².